The second-order valence-electron chi connectivity index (χ2n) is 6.74. The summed E-state index contributed by atoms with van der Waals surface area (Å²) in [5, 5.41) is 9.80. The molecule has 3 heterocycles. The van der Waals surface area contributed by atoms with Gasteiger partial charge in [-0.25, -0.2) is 9.78 Å². The molecule has 9 nitrogen and oxygen atoms in total. The van der Waals surface area contributed by atoms with Crippen LogP contribution in [0.25, 0.3) is 11.5 Å². The van der Waals surface area contributed by atoms with E-state index in [2.05, 4.69) is 25.8 Å². The largest absolute Gasteiger partial charge is 0.445 e. The minimum atomic E-state index is -0.752. The molecule has 1 aliphatic heterocycles. The lowest BCUT2D eigenvalue weighted by Crippen LogP contribution is -2.51. The van der Waals surface area contributed by atoms with Crippen molar-refractivity contribution >= 4 is 11.7 Å². The molecule has 0 unspecified atom stereocenters. The van der Waals surface area contributed by atoms with Crippen molar-refractivity contribution in [1.82, 2.24) is 20.4 Å². The van der Waals surface area contributed by atoms with Crippen molar-refractivity contribution in [3.05, 3.63) is 47.9 Å². The van der Waals surface area contributed by atoms with Crippen LogP contribution in [0, 0.1) is 13.8 Å². The summed E-state index contributed by atoms with van der Waals surface area (Å²) in [4.78, 5) is 21.3. The van der Waals surface area contributed by atoms with E-state index >= 15 is 0 Å². The molecule has 28 heavy (non-hydrogen) atoms. The molecule has 4 rings (SSSR count). The van der Waals surface area contributed by atoms with Crippen molar-refractivity contribution < 1.29 is 18.5 Å². The van der Waals surface area contributed by atoms with Crippen LogP contribution in [-0.2, 0) is 10.3 Å². The second kappa shape index (κ2) is 7.43. The van der Waals surface area contributed by atoms with Crippen molar-refractivity contribution in [1.29, 1.82) is 0 Å². The molecule has 2 N–H and O–H groups in total. The van der Waals surface area contributed by atoms with Crippen LogP contribution in [0.2, 0.25) is 0 Å². The zero-order valence-corrected chi connectivity index (χ0v) is 15.7. The fourth-order valence-electron chi connectivity index (χ4n) is 3.33. The number of oxazole rings is 1. The number of rotatable bonds is 4. The topological polar surface area (TPSA) is 115 Å². The Morgan fingerprint density at radius 2 is 2.04 bits per heavy atom. The summed E-state index contributed by atoms with van der Waals surface area (Å²) in [5.74, 6) is 1.43. The zero-order chi connectivity index (χ0) is 19.6. The van der Waals surface area contributed by atoms with Gasteiger partial charge in [0, 0.05) is 37.3 Å². The van der Waals surface area contributed by atoms with Crippen molar-refractivity contribution in [2.75, 3.05) is 18.5 Å². The van der Waals surface area contributed by atoms with Crippen molar-refractivity contribution in [3.63, 3.8) is 0 Å². The lowest BCUT2D eigenvalue weighted by molar-refractivity contribution is 0.0285. The third-order valence-electron chi connectivity index (χ3n) is 4.88. The fraction of sp³-hybridized carbons (Fsp3) is 0.368. The lowest BCUT2D eigenvalue weighted by atomic mass is 9.90. The standard InChI is InChI=1S/C19H21N5O4/c1-12-14(16-20-8-11-27-16)4-3-5-15(12)22-18(25)23-19(6-9-26-10-7-19)17-21-13(2)24-28-17/h3-5,8,11H,6-7,9-10H2,1-2H3,(H2,22,23,25). The van der Waals surface area contributed by atoms with E-state index in [-0.39, 0.29) is 6.03 Å². The van der Waals surface area contributed by atoms with Gasteiger partial charge >= 0.3 is 6.03 Å². The van der Waals surface area contributed by atoms with E-state index in [0.29, 0.717) is 49.3 Å². The highest BCUT2D eigenvalue weighted by molar-refractivity contribution is 5.91. The van der Waals surface area contributed by atoms with E-state index in [1.165, 1.54) is 6.26 Å². The number of hydrogen-bond acceptors (Lipinski definition) is 7. The SMILES string of the molecule is Cc1noc(C2(NC(=O)Nc3cccc(-c4ncco4)c3C)CCOCC2)n1. The maximum atomic E-state index is 12.8. The van der Waals surface area contributed by atoms with Crippen LogP contribution in [-0.4, -0.2) is 34.4 Å². The van der Waals surface area contributed by atoms with Gasteiger partial charge in [0.15, 0.2) is 5.82 Å². The van der Waals surface area contributed by atoms with Crippen LogP contribution < -0.4 is 10.6 Å². The first-order valence-electron chi connectivity index (χ1n) is 9.05. The van der Waals surface area contributed by atoms with Gasteiger partial charge in [-0.05, 0) is 31.5 Å². The summed E-state index contributed by atoms with van der Waals surface area (Å²) in [7, 11) is 0. The molecule has 2 amide bonds. The molecule has 1 fully saturated rings. The number of carbonyl (C=O) groups is 1. The molecule has 0 saturated carbocycles. The van der Waals surface area contributed by atoms with Gasteiger partial charge in [-0.1, -0.05) is 11.2 Å². The quantitative estimate of drug-likeness (QED) is 0.711. The summed E-state index contributed by atoms with van der Waals surface area (Å²) in [5.41, 5.74) is 1.58. The number of anilines is 1. The van der Waals surface area contributed by atoms with Crippen molar-refractivity contribution in [2.24, 2.45) is 0 Å². The van der Waals surface area contributed by atoms with Crippen LogP contribution in [0.4, 0.5) is 10.5 Å². The average molecular weight is 383 g/mol. The Kier molecular flexibility index (Phi) is 4.82. The molecule has 9 heteroatoms. The number of amides is 2. The normalized spacial score (nSPS) is 15.9. The summed E-state index contributed by atoms with van der Waals surface area (Å²) in [6, 6.07) is 5.21. The van der Waals surface area contributed by atoms with E-state index in [9.17, 15) is 4.79 Å². The molecule has 0 atom stereocenters. The van der Waals surface area contributed by atoms with Gasteiger partial charge in [-0.2, -0.15) is 4.98 Å². The molecule has 1 aromatic carbocycles. The third-order valence-corrected chi connectivity index (χ3v) is 4.88. The number of nitrogens with zero attached hydrogens (tertiary/aromatic N) is 3. The summed E-state index contributed by atoms with van der Waals surface area (Å²) in [6.45, 7) is 4.65. The fourth-order valence-corrected chi connectivity index (χ4v) is 3.33. The lowest BCUT2D eigenvalue weighted by Gasteiger charge is -2.34. The van der Waals surface area contributed by atoms with E-state index in [1.54, 1.807) is 13.1 Å². The number of aryl methyl sites for hydroxylation is 1. The maximum absolute atomic E-state index is 12.8. The predicted octanol–water partition coefficient (Wildman–Crippen LogP) is 3.17. The molecule has 0 spiro atoms. The number of hydrogen-bond donors (Lipinski definition) is 2. The Labute approximate surface area is 161 Å². The average Bonchev–Trinajstić information content (AvgIpc) is 3.36. The van der Waals surface area contributed by atoms with Crippen LogP contribution in [0.5, 0.6) is 0 Å². The number of carbonyl (C=O) groups excluding carboxylic acids is 1. The van der Waals surface area contributed by atoms with E-state index < -0.39 is 5.54 Å². The highest BCUT2D eigenvalue weighted by Crippen LogP contribution is 2.32. The number of nitrogens with one attached hydrogen (secondary N) is 2. The Morgan fingerprint density at radius 3 is 2.71 bits per heavy atom. The van der Waals surface area contributed by atoms with Gasteiger partial charge in [-0.15, -0.1) is 0 Å². The first-order chi connectivity index (χ1) is 13.6. The van der Waals surface area contributed by atoms with Gasteiger partial charge in [0.2, 0.25) is 5.89 Å². The van der Waals surface area contributed by atoms with E-state index in [0.717, 1.165) is 11.1 Å². The van der Waals surface area contributed by atoms with Gasteiger partial charge < -0.3 is 24.3 Å². The predicted molar refractivity (Wildman–Crippen MR) is 99.6 cm³/mol. The number of benzene rings is 1. The Morgan fingerprint density at radius 1 is 1.21 bits per heavy atom. The second-order valence-corrected chi connectivity index (χ2v) is 6.74. The van der Waals surface area contributed by atoms with Crippen molar-refractivity contribution in [2.45, 2.75) is 32.2 Å². The monoisotopic (exact) mass is 383 g/mol. The number of ether oxygens (including phenoxy) is 1. The van der Waals surface area contributed by atoms with Crippen LogP contribution >= 0.6 is 0 Å². The van der Waals surface area contributed by atoms with E-state index in [4.69, 9.17) is 13.7 Å². The molecule has 1 saturated heterocycles. The Balaban J connectivity index is 1.56. The number of aromatic nitrogens is 3. The molecular formula is C19H21N5O4. The van der Waals surface area contributed by atoms with Crippen LogP contribution in [0.1, 0.15) is 30.1 Å². The molecule has 2 aromatic heterocycles. The number of urea groups is 1. The highest BCUT2D eigenvalue weighted by Gasteiger charge is 2.41. The molecular weight excluding hydrogens is 362 g/mol. The molecule has 3 aromatic rings. The zero-order valence-electron chi connectivity index (χ0n) is 15.7. The summed E-state index contributed by atoms with van der Waals surface area (Å²) >= 11 is 0. The first kappa shape index (κ1) is 18.2. The van der Waals surface area contributed by atoms with Crippen molar-refractivity contribution in [3.8, 4) is 11.5 Å². The highest BCUT2D eigenvalue weighted by atomic mass is 16.5. The molecule has 0 aliphatic carbocycles. The smallest absolute Gasteiger partial charge is 0.320 e. The Bertz CT molecular complexity index is 961. The maximum Gasteiger partial charge on any atom is 0.320 e. The minimum Gasteiger partial charge on any atom is -0.445 e. The van der Waals surface area contributed by atoms with E-state index in [1.807, 2.05) is 25.1 Å². The molecule has 0 bridgehead atoms. The summed E-state index contributed by atoms with van der Waals surface area (Å²) in [6.07, 6.45) is 4.21. The minimum absolute atomic E-state index is 0.356. The van der Waals surface area contributed by atoms with Crippen LogP contribution in [0.3, 0.4) is 0 Å². The van der Waals surface area contributed by atoms with Gasteiger partial charge in [-0.3, -0.25) is 0 Å². The van der Waals surface area contributed by atoms with Gasteiger partial charge in [0.1, 0.15) is 11.8 Å². The third kappa shape index (κ3) is 3.48. The molecule has 146 valence electrons. The van der Waals surface area contributed by atoms with Gasteiger partial charge in [0.05, 0.1) is 6.20 Å². The van der Waals surface area contributed by atoms with Gasteiger partial charge in [0.25, 0.3) is 5.89 Å². The first-order valence-corrected chi connectivity index (χ1v) is 9.05. The Hall–Kier alpha value is -3.20. The van der Waals surface area contributed by atoms with Crippen LogP contribution in [0.15, 0.2) is 39.6 Å². The molecule has 1 aliphatic rings. The summed E-state index contributed by atoms with van der Waals surface area (Å²) < 4.78 is 16.2. The molecule has 0 radical (unpaired) electrons.